The Labute approximate surface area is 128 Å². The molecular formula is C19H25NO. The van der Waals surface area contributed by atoms with Gasteiger partial charge in [0, 0.05) is 19.6 Å². The van der Waals surface area contributed by atoms with Crippen LogP contribution in [0.5, 0.6) is 0 Å². The Morgan fingerprint density at radius 2 is 1.33 bits per heavy atom. The first kappa shape index (κ1) is 15.7. The molecule has 0 aliphatic rings. The van der Waals surface area contributed by atoms with E-state index in [-0.39, 0.29) is 6.10 Å². The summed E-state index contributed by atoms with van der Waals surface area (Å²) in [6.45, 7) is 4.58. The number of benzene rings is 2. The molecule has 2 heteroatoms. The molecule has 2 rings (SSSR count). The molecule has 0 saturated carbocycles. The zero-order valence-corrected chi connectivity index (χ0v) is 12.8. The van der Waals surface area contributed by atoms with Crippen LogP contribution in [0, 0.1) is 0 Å². The summed E-state index contributed by atoms with van der Waals surface area (Å²) in [5.74, 6) is 0. The van der Waals surface area contributed by atoms with Crippen molar-refractivity contribution in [1.82, 2.24) is 4.90 Å². The van der Waals surface area contributed by atoms with E-state index in [2.05, 4.69) is 60.4 Å². The van der Waals surface area contributed by atoms with Gasteiger partial charge in [0.05, 0.1) is 6.10 Å². The minimum Gasteiger partial charge on any atom is -0.392 e. The number of rotatable bonds is 8. The summed E-state index contributed by atoms with van der Waals surface area (Å²) in [5.41, 5.74) is 2.58. The Balaban J connectivity index is 2.02. The normalized spacial score (nSPS) is 12.5. The van der Waals surface area contributed by atoms with Crippen molar-refractivity contribution < 1.29 is 5.11 Å². The maximum absolute atomic E-state index is 10.1. The van der Waals surface area contributed by atoms with Crippen LogP contribution < -0.4 is 0 Å². The van der Waals surface area contributed by atoms with Gasteiger partial charge in [0.15, 0.2) is 0 Å². The Morgan fingerprint density at radius 3 is 1.76 bits per heavy atom. The van der Waals surface area contributed by atoms with Gasteiger partial charge >= 0.3 is 0 Å². The second-order valence-corrected chi connectivity index (χ2v) is 5.58. The lowest BCUT2D eigenvalue weighted by Crippen LogP contribution is -2.31. The highest BCUT2D eigenvalue weighted by atomic mass is 16.3. The van der Waals surface area contributed by atoms with Gasteiger partial charge in [-0.25, -0.2) is 0 Å². The molecule has 2 aromatic rings. The lowest BCUT2D eigenvalue weighted by atomic mass is 10.1. The third kappa shape index (κ3) is 5.70. The van der Waals surface area contributed by atoms with Gasteiger partial charge in [0.25, 0.3) is 0 Å². The Hall–Kier alpha value is -1.64. The summed E-state index contributed by atoms with van der Waals surface area (Å²) >= 11 is 0. The quantitative estimate of drug-likeness (QED) is 0.795. The molecule has 0 amide bonds. The van der Waals surface area contributed by atoms with Gasteiger partial charge in [-0.05, 0) is 17.5 Å². The second-order valence-electron chi connectivity index (χ2n) is 5.58. The van der Waals surface area contributed by atoms with Crippen LogP contribution in [-0.2, 0) is 13.1 Å². The highest BCUT2D eigenvalue weighted by Crippen LogP contribution is 2.12. The Morgan fingerprint density at radius 1 is 0.857 bits per heavy atom. The van der Waals surface area contributed by atoms with Crippen LogP contribution in [0.15, 0.2) is 60.7 Å². The first-order valence-corrected chi connectivity index (χ1v) is 7.76. The third-order valence-corrected chi connectivity index (χ3v) is 3.59. The summed E-state index contributed by atoms with van der Waals surface area (Å²) in [7, 11) is 0. The molecule has 0 bridgehead atoms. The van der Waals surface area contributed by atoms with Crippen molar-refractivity contribution in [2.75, 3.05) is 6.54 Å². The summed E-state index contributed by atoms with van der Waals surface area (Å²) in [6.07, 6.45) is 1.63. The SMILES string of the molecule is CCCC(O)CN(Cc1ccccc1)Cc1ccccc1. The van der Waals surface area contributed by atoms with E-state index < -0.39 is 0 Å². The van der Waals surface area contributed by atoms with Gasteiger partial charge in [0.1, 0.15) is 0 Å². The molecule has 0 fully saturated rings. The maximum Gasteiger partial charge on any atom is 0.0667 e. The summed E-state index contributed by atoms with van der Waals surface area (Å²) < 4.78 is 0. The molecule has 0 aromatic heterocycles. The largest absolute Gasteiger partial charge is 0.392 e. The van der Waals surface area contributed by atoms with Crippen LogP contribution in [0.3, 0.4) is 0 Å². The number of hydrogen-bond donors (Lipinski definition) is 1. The van der Waals surface area contributed by atoms with Crippen molar-refractivity contribution in [3.8, 4) is 0 Å². The van der Waals surface area contributed by atoms with Crippen molar-refractivity contribution in [3.63, 3.8) is 0 Å². The zero-order valence-electron chi connectivity index (χ0n) is 12.8. The molecule has 1 N–H and O–H groups in total. The average Bonchev–Trinajstić information content (AvgIpc) is 2.49. The molecule has 1 unspecified atom stereocenters. The van der Waals surface area contributed by atoms with E-state index in [0.29, 0.717) is 0 Å². The van der Waals surface area contributed by atoms with Crippen LogP contribution in [-0.4, -0.2) is 22.7 Å². The summed E-state index contributed by atoms with van der Waals surface area (Å²) in [4.78, 5) is 2.32. The molecule has 0 radical (unpaired) electrons. The lowest BCUT2D eigenvalue weighted by molar-refractivity contribution is 0.0970. The van der Waals surface area contributed by atoms with Crippen LogP contribution in [0.2, 0.25) is 0 Å². The Kier molecular flexibility index (Phi) is 6.45. The molecule has 0 aliphatic carbocycles. The molecule has 0 aliphatic heterocycles. The van der Waals surface area contributed by atoms with Crippen LogP contribution in [0.4, 0.5) is 0 Å². The molecule has 21 heavy (non-hydrogen) atoms. The average molecular weight is 283 g/mol. The second kappa shape index (κ2) is 8.60. The predicted octanol–water partition coefficient (Wildman–Crippen LogP) is 3.85. The molecular weight excluding hydrogens is 258 g/mol. The first-order valence-electron chi connectivity index (χ1n) is 7.76. The summed E-state index contributed by atoms with van der Waals surface area (Å²) in [5, 5.41) is 10.1. The molecule has 0 saturated heterocycles. The van der Waals surface area contributed by atoms with E-state index in [1.165, 1.54) is 11.1 Å². The molecule has 112 valence electrons. The molecule has 2 nitrogen and oxygen atoms in total. The minimum atomic E-state index is -0.248. The van der Waals surface area contributed by atoms with Gasteiger partial charge in [0.2, 0.25) is 0 Å². The number of aliphatic hydroxyl groups excluding tert-OH is 1. The fraction of sp³-hybridized carbons (Fsp3) is 0.368. The van der Waals surface area contributed by atoms with Crippen LogP contribution in [0.25, 0.3) is 0 Å². The van der Waals surface area contributed by atoms with Crippen molar-refractivity contribution in [2.24, 2.45) is 0 Å². The van der Waals surface area contributed by atoms with Crippen molar-refractivity contribution >= 4 is 0 Å². The fourth-order valence-corrected chi connectivity index (χ4v) is 2.59. The highest BCUT2D eigenvalue weighted by Gasteiger charge is 2.12. The van der Waals surface area contributed by atoms with Crippen LogP contribution >= 0.6 is 0 Å². The van der Waals surface area contributed by atoms with Crippen molar-refractivity contribution in [3.05, 3.63) is 71.8 Å². The van der Waals surface area contributed by atoms with Crippen molar-refractivity contribution in [2.45, 2.75) is 39.0 Å². The van der Waals surface area contributed by atoms with E-state index in [1.54, 1.807) is 0 Å². The number of nitrogens with zero attached hydrogens (tertiary/aromatic N) is 1. The van der Waals surface area contributed by atoms with E-state index in [4.69, 9.17) is 0 Å². The standard InChI is InChI=1S/C19H25NO/c1-2-9-19(21)16-20(14-17-10-5-3-6-11-17)15-18-12-7-4-8-13-18/h3-8,10-13,19,21H,2,9,14-16H2,1H3. The fourth-order valence-electron chi connectivity index (χ4n) is 2.59. The molecule has 0 spiro atoms. The van der Waals surface area contributed by atoms with Crippen LogP contribution in [0.1, 0.15) is 30.9 Å². The number of aliphatic hydroxyl groups is 1. The highest BCUT2D eigenvalue weighted by molar-refractivity contribution is 5.17. The van der Waals surface area contributed by atoms with E-state index in [1.807, 2.05) is 12.1 Å². The molecule has 0 heterocycles. The Bertz CT molecular complexity index is 456. The number of hydrogen-bond acceptors (Lipinski definition) is 2. The van der Waals surface area contributed by atoms with Gasteiger partial charge in [-0.3, -0.25) is 4.90 Å². The first-order chi connectivity index (χ1) is 10.3. The minimum absolute atomic E-state index is 0.248. The maximum atomic E-state index is 10.1. The smallest absolute Gasteiger partial charge is 0.0667 e. The molecule has 1 atom stereocenters. The van der Waals surface area contributed by atoms with Gasteiger partial charge < -0.3 is 5.11 Å². The van der Waals surface area contributed by atoms with E-state index in [9.17, 15) is 5.11 Å². The zero-order chi connectivity index (χ0) is 14.9. The predicted molar refractivity (Wildman–Crippen MR) is 87.9 cm³/mol. The topological polar surface area (TPSA) is 23.5 Å². The van der Waals surface area contributed by atoms with Crippen molar-refractivity contribution in [1.29, 1.82) is 0 Å². The van der Waals surface area contributed by atoms with Gasteiger partial charge in [-0.15, -0.1) is 0 Å². The van der Waals surface area contributed by atoms with Gasteiger partial charge in [-0.1, -0.05) is 74.0 Å². The van der Waals surface area contributed by atoms with Gasteiger partial charge in [-0.2, -0.15) is 0 Å². The monoisotopic (exact) mass is 283 g/mol. The summed E-state index contributed by atoms with van der Waals surface area (Å²) in [6, 6.07) is 20.9. The third-order valence-electron chi connectivity index (χ3n) is 3.59. The van der Waals surface area contributed by atoms with E-state index in [0.717, 1.165) is 32.5 Å². The molecule has 2 aromatic carbocycles. The lowest BCUT2D eigenvalue weighted by Gasteiger charge is -2.25. The van der Waals surface area contributed by atoms with E-state index >= 15 is 0 Å².